The second kappa shape index (κ2) is 16.6. The largest absolute Gasteiger partial charge is 0.465 e. The van der Waals surface area contributed by atoms with Crippen LogP contribution in [0.5, 0.6) is 0 Å². The summed E-state index contributed by atoms with van der Waals surface area (Å²) in [7, 11) is 0. The fourth-order valence-corrected chi connectivity index (χ4v) is 4.17. The van der Waals surface area contributed by atoms with Gasteiger partial charge in [-0.25, -0.2) is 9.18 Å². The van der Waals surface area contributed by atoms with E-state index in [1.54, 1.807) is 56.3 Å². The second-order valence-electron chi connectivity index (χ2n) is 8.00. The standard InChI is InChI=1S/C18H14BrClFNO2.C12H10BrNO2/c1-2-24-18(23)14(10-22)17(11-3-6-13(19)7-4-11)12-5-8-15(20)16(21)9-12;1-2-16-12(15)10(8-14)7-9-3-5-11(13)6-4-9/h3-9,14,17H,2H2,1H3;3-7H,2H2,1H3/b;10-7+. The quantitative estimate of drug-likeness (QED) is 0.135. The third-order valence-corrected chi connectivity index (χ3v) is 6.71. The molecule has 0 saturated heterocycles. The molecule has 0 fully saturated rings. The van der Waals surface area contributed by atoms with Crippen LogP contribution in [0.3, 0.4) is 0 Å². The van der Waals surface area contributed by atoms with Gasteiger partial charge in [-0.2, -0.15) is 10.5 Å². The lowest BCUT2D eigenvalue weighted by Crippen LogP contribution is -2.24. The lowest BCUT2D eigenvalue weighted by Gasteiger charge is -2.22. The van der Waals surface area contributed by atoms with E-state index in [0.29, 0.717) is 11.1 Å². The highest BCUT2D eigenvalue weighted by Crippen LogP contribution is 2.35. The van der Waals surface area contributed by atoms with Crippen molar-refractivity contribution in [3.8, 4) is 12.1 Å². The zero-order valence-electron chi connectivity index (χ0n) is 21.5. The molecular weight excluding hydrogens is 667 g/mol. The van der Waals surface area contributed by atoms with Gasteiger partial charge < -0.3 is 9.47 Å². The third-order valence-electron chi connectivity index (χ3n) is 5.34. The van der Waals surface area contributed by atoms with Crippen molar-refractivity contribution in [3.05, 3.63) is 109 Å². The molecule has 0 bridgehead atoms. The molecule has 10 heteroatoms. The summed E-state index contributed by atoms with van der Waals surface area (Å²) >= 11 is 12.4. The number of nitrogens with zero attached hydrogens (tertiary/aromatic N) is 2. The molecule has 0 aliphatic heterocycles. The average molecular weight is 691 g/mol. The average Bonchev–Trinajstić information content (AvgIpc) is 2.94. The summed E-state index contributed by atoms with van der Waals surface area (Å²) in [4.78, 5) is 23.5. The molecule has 0 N–H and O–H groups in total. The van der Waals surface area contributed by atoms with Crippen LogP contribution in [-0.4, -0.2) is 25.2 Å². The van der Waals surface area contributed by atoms with Gasteiger partial charge in [0.1, 0.15) is 17.5 Å². The van der Waals surface area contributed by atoms with E-state index in [9.17, 15) is 19.2 Å². The molecule has 0 aromatic heterocycles. The second-order valence-corrected chi connectivity index (χ2v) is 10.2. The first-order valence-corrected chi connectivity index (χ1v) is 13.9. The SMILES string of the molecule is CCOC(=O)/C(C#N)=C/c1ccc(Br)cc1.CCOC(=O)C(C#N)C(c1ccc(Br)cc1)c1ccc(Cl)c(F)c1. The minimum Gasteiger partial charge on any atom is -0.465 e. The van der Waals surface area contributed by atoms with Crippen molar-refractivity contribution in [2.75, 3.05) is 13.2 Å². The van der Waals surface area contributed by atoms with E-state index in [1.165, 1.54) is 18.2 Å². The Balaban J connectivity index is 0.000000305. The number of hydrogen-bond donors (Lipinski definition) is 0. The molecule has 0 saturated carbocycles. The van der Waals surface area contributed by atoms with E-state index in [0.717, 1.165) is 14.5 Å². The number of carbonyl (C=O) groups is 2. The predicted octanol–water partition coefficient (Wildman–Crippen LogP) is 8.00. The molecule has 206 valence electrons. The van der Waals surface area contributed by atoms with Gasteiger partial charge in [0.2, 0.25) is 0 Å². The number of halogens is 4. The van der Waals surface area contributed by atoms with Crippen LogP contribution in [0, 0.1) is 34.4 Å². The van der Waals surface area contributed by atoms with Crippen LogP contribution in [0.4, 0.5) is 4.39 Å². The van der Waals surface area contributed by atoms with Crippen molar-refractivity contribution >= 4 is 61.5 Å². The van der Waals surface area contributed by atoms with Gasteiger partial charge >= 0.3 is 11.9 Å². The number of hydrogen-bond acceptors (Lipinski definition) is 6. The molecule has 0 radical (unpaired) electrons. The van der Waals surface area contributed by atoms with E-state index < -0.39 is 29.6 Å². The Morgan fingerprint density at radius 2 is 1.48 bits per heavy atom. The zero-order valence-corrected chi connectivity index (χ0v) is 25.5. The maximum Gasteiger partial charge on any atom is 0.348 e. The zero-order chi connectivity index (χ0) is 29.7. The summed E-state index contributed by atoms with van der Waals surface area (Å²) in [5, 5.41) is 18.3. The minimum atomic E-state index is -1.09. The third kappa shape index (κ3) is 9.60. The number of esters is 2. The maximum absolute atomic E-state index is 13.9. The molecule has 3 aromatic rings. The molecule has 3 rings (SSSR count). The molecule has 6 nitrogen and oxygen atoms in total. The first kappa shape index (κ1) is 32.7. The van der Waals surface area contributed by atoms with Crippen LogP contribution in [0.1, 0.15) is 36.5 Å². The molecule has 0 aliphatic rings. The van der Waals surface area contributed by atoms with Crippen LogP contribution >= 0.6 is 43.5 Å². The highest BCUT2D eigenvalue weighted by atomic mass is 79.9. The van der Waals surface area contributed by atoms with Crippen molar-refractivity contribution in [3.63, 3.8) is 0 Å². The predicted molar refractivity (Wildman–Crippen MR) is 157 cm³/mol. The first-order chi connectivity index (χ1) is 19.1. The van der Waals surface area contributed by atoms with E-state index >= 15 is 0 Å². The Morgan fingerprint density at radius 1 is 0.925 bits per heavy atom. The summed E-state index contributed by atoms with van der Waals surface area (Å²) in [5.41, 5.74) is 1.98. The van der Waals surface area contributed by atoms with Crippen molar-refractivity contribution in [1.82, 2.24) is 0 Å². The van der Waals surface area contributed by atoms with Gasteiger partial charge in [-0.3, -0.25) is 4.79 Å². The summed E-state index contributed by atoms with van der Waals surface area (Å²) in [6.07, 6.45) is 1.50. The van der Waals surface area contributed by atoms with Gasteiger partial charge in [0.15, 0.2) is 5.92 Å². The summed E-state index contributed by atoms with van der Waals surface area (Å²) in [6, 6.07) is 22.5. The molecule has 0 aliphatic carbocycles. The molecule has 40 heavy (non-hydrogen) atoms. The smallest absolute Gasteiger partial charge is 0.348 e. The van der Waals surface area contributed by atoms with Crippen LogP contribution in [0.2, 0.25) is 5.02 Å². The highest BCUT2D eigenvalue weighted by molar-refractivity contribution is 9.10. The van der Waals surface area contributed by atoms with Crippen LogP contribution in [0.15, 0.2) is 81.2 Å². The molecule has 0 spiro atoms. The van der Waals surface area contributed by atoms with E-state index in [1.807, 2.05) is 24.3 Å². The molecule has 2 atom stereocenters. The number of benzene rings is 3. The normalized spacial score (nSPS) is 12.1. The number of ether oxygens (including phenoxy) is 2. The fraction of sp³-hybridized carbons (Fsp3) is 0.200. The molecular formula is C30H24Br2ClFN2O4. The number of carbonyl (C=O) groups excluding carboxylic acids is 2. The van der Waals surface area contributed by atoms with Crippen molar-refractivity contribution in [2.24, 2.45) is 5.92 Å². The van der Waals surface area contributed by atoms with E-state index in [2.05, 4.69) is 31.9 Å². The van der Waals surface area contributed by atoms with Crippen molar-refractivity contribution in [1.29, 1.82) is 10.5 Å². The Kier molecular flexibility index (Phi) is 13.5. The number of rotatable bonds is 8. The van der Waals surface area contributed by atoms with Gasteiger partial charge in [-0.15, -0.1) is 0 Å². The van der Waals surface area contributed by atoms with Crippen molar-refractivity contribution in [2.45, 2.75) is 19.8 Å². The lowest BCUT2D eigenvalue weighted by atomic mass is 9.81. The Morgan fingerprint density at radius 3 is 1.98 bits per heavy atom. The number of nitriles is 2. The van der Waals surface area contributed by atoms with E-state index in [-0.39, 0.29) is 23.8 Å². The maximum atomic E-state index is 13.9. The van der Waals surface area contributed by atoms with Gasteiger partial charge in [0, 0.05) is 14.9 Å². The summed E-state index contributed by atoms with van der Waals surface area (Å²) in [5.74, 6) is -3.58. The molecule has 0 heterocycles. The minimum absolute atomic E-state index is 0.00386. The monoisotopic (exact) mass is 688 g/mol. The molecule has 2 unspecified atom stereocenters. The van der Waals surface area contributed by atoms with Gasteiger partial charge in [0.25, 0.3) is 0 Å². The highest BCUT2D eigenvalue weighted by Gasteiger charge is 2.32. The fourth-order valence-electron chi connectivity index (χ4n) is 3.52. The van der Waals surface area contributed by atoms with Crippen molar-refractivity contribution < 1.29 is 23.5 Å². The summed E-state index contributed by atoms with van der Waals surface area (Å²) in [6.45, 7) is 3.80. The van der Waals surface area contributed by atoms with Gasteiger partial charge in [0.05, 0.1) is 24.3 Å². The molecule has 3 aromatic carbocycles. The van der Waals surface area contributed by atoms with Crippen LogP contribution in [-0.2, 0) is 19.1 Å². The topological polar surface area (TPSA) is 100 Å². The Labute approximate surface area is 254 Å². The first-order valence-electron chi connectivity index (χ1n) is 12.0. The summed E-state index contributed by atoms with van der Waals surface area (Å²) < 4.78 is 25.5. The van der Waals surface area contributed by atoms with Crippen LogP contribution in [0.25, 0.3) is 6.08 Å². The van der Waals surface area contributed by atoms with Gasteiger partial charge in [-0.05, 0) is 73.0 Å². The van der Waals surface area contributed by atoms with E-state index in [4.69, 9.17) is 26.3 Å². The van der Waals surface area contributed by atoms with Gasteiger partial charge in [-0.1, -0.05) is 73.8 Å². The molecule has 0 amide bonds. The van der Waals surface area contributed by atoms with Crippen LogP contribution < -0.4 is 0 Å². The lowest BCUT2D eigenvalue weighted by molar-refractivity contribution is -0.146. The Bertz CT molecular complexity index is 1430. The Hall–Kier alpha value is -3.50.